The van der Waals surface area contributed by atoms with Gasteiger partial charge in [0.2, 0.25) is 0 Å². The van der Waals surface area contributed by atoms with E-state index in [1.165, 1.54) is 10.5 Å². The molecular weight excluding hydrogens is 530 g/mol. The largest absolute Gasteiger partial charge is 0.454 e. The molecule has 0 spiro atoms. The molecule has 0 aromatic heterocycles. The third-order valence-electron chi connectivity index (χ3n) is 11.2. The number of esters is 1. The minimum absolute atomic E-state index is 0.0487. The molecule has 0 amide bonds. The van der Waals surface area contributed by atoms with E-state index in [9.17, 15) is 34.6 Å². The number of nitro groups is 2. The Morgan fingerprint density at radius 1 is 0.976 bits per heavy atom. The number of anilines is 1. The average molecular weight is 566 g/mol. The van der Waals surface area contributed by atoms with E-state index in [1.807, 2.05) is 6.08 Å². The molecule has 11 nitrogen and oxygen atoms in total. The number of benzene rings is 1. The van der Waals surface area contributed by atoms with E-state index >= 15 is 0 Å². The van der Waals surface area contributed by atoms with Crippen molar-refractivity contribution in [1.29, 1.82) is 0 Å². The van der Waals surface area contributed by atoms with Gasteiger partial charge in [-0.05, 0) is 79.6 Å². The second kappa shape index (κ2) is 9.73. The maximum absolute atomic E-state index is 13.5. The van der Waals surface area contributed by atoms with Gasteiger partial charge in [-0.15, -0.1) is 0 Å². The average Bonchev–Trinajstić information content (AvgIpc) is 3.71. The first-order valence-electron chi connectivity index (χ1n) is 14.6. The molecule has 4 fully saturated rings. The van der Waals surface area contributed by atoms with Crippen LogP contribution in [0.25, 0.3) is 0 Å². The molecule has 1 aromatic carbocycles. The van der Waals surface area contributed by atoms with Gasteiger partial charge >= 0.3 is 17.3 Å². The summed E-state index contributed by atoms with van der Waals surface area (Å²) in [5, 5.41) is 23.3. The number of ether oxygens (including phenoxy) is 1. The molecular formula is C30H35N3O8. The van der Waals surface area contributed by atoms with Crippen molar-refractivity contribution >= 4 is 34.6 Å². The van der Waals surface area contributed by atoms with Crippen LogP contribution in [0.15, 0.2) is 23.8 Å². The molecule has 4 aliphatic carbocycles. The Kier molecular flexibility index (Phi) is 6.54. The molecule has 218 valence electrons. The number of carbonyl (C=O) groups is 3. The van der Waals surface area contributed by atoms with Gasteiger partial charge < -0.3 is 9.64 Å². The summed E-state index contributed by atoms with van der Waals surface area (Å²) < 4.78 is 5.33. The molecule has 6 rings (SSSR count). The Bertz CT molecular complexity index is 1360. The number of Topliss-reactive ketones (excluding diaryl/α,β-unsaturated/α-hetero) is 1. The third kappa shape index (κ3) is 4.44. The number of hydrogen-bond acceptors (Lipinski definition) is 9. The predicted octanol–water partition coefficient (Wildman–Crippen LogP) is 5.20. The molecule has 6 atom stereocenters. The molecule has 1 aromatic rings. The Balaban J connectivity index is 1.16. The van der Waals surface area contributed by atoms with Crippen molar-refractivity contribution in [3.8, 4) is 0 Å². The van der Waals surface area contributed by atoms with Crippen LogP contribution in [-0.2, 0) is 14.3 Å². The van der Waals surface area contributed by atoms with E-state index in [2.05, 4.69) is 13.8 Å². The highest BCUT2D eigenvalue weighted by atomic mass is 16.6. The predicted molar refractivity (Wildman–Crippen MR) is 147 cm³/mol. The van der Waals surface area contributed by atoms with Gasteiger partial charge in [-0.1, -0.05) is 19.4 Å². The van der Waals surface area contributed by atoms with Crippen LogP contribution in [0.5, 0.6) is 0 Å². The number of nitrogens with zero attached hydrogens (tertiary/aromatic N) is 3. The van der Waals surface area contributed by atoms with Gasteiger partial charge in [-0.2, -0.15) is 0 Å². The highest BCUT2D eigenvalue weighted by Crippen LogP contribution is 2.66. The monoisotopic (exact) mass is 565 g/mol. The van der Waals surface area contributed by atoms with E-state index < -0.39 is 33.8 Å². The van der Waals surface area contributed by atoms with Crippen LogP contribution in [-0.4, -0.2) is 47.1 Å². The van der Waals surface area contributed by atoms with Crippen molar-refractivity contribution < 1.29 is 29.0 Å². The standard InChI is InChI=1S/C30H35N3O8/c1-29-9-7-19(34)15-18(29)3-4-20-21-5-6-23(30(21,2)10-8-22(20)29)26(35)16-41-28(36)17-13-24(32(37)38)27(31-11-12-31)25(14-17)33(39)40/h13-15,20-23H,3-12,16H2,1-2H3. The van der Waals surface area contributed by atoms with E-state index in [-0.39, 0.29) is 39.6 Å². The summed E-state index contributed by atoms with van der Waals surface area (Å²) in [5.74, 6) is 0.200. The lowest BCUT2D eigenvalue weighted by Crippen LogP contribution is -2.51. The molecule has 11 heteroatoms. The first kappa shape index (κ1) is 27.5. The van der Waals surface area contributed by atoms with Crippen molar-refractivity contribution in [3.05, 3.63) is 49.6 Å². The second-order valence-corrected chi connectivity index (χ2v) is 13.1. The lowest BCUT2D eigenvalue weighted by Gasteiger charge is -2.58. The minimum atomic E-state index is -0.989. The van der Waals surface area contributed by atoms with Crippen molar-refractivity contribution in [2.45, 2.75) is 65.2 Å². The van der Waals surface area contributed by atoms with Crippen LogP contribution in [0.2, 0.25) is 0 Å². The quantitative estimate of drug-likeness (QED) is 0.188. The van der Waals surface area contributed by atoms with Gasteiger partial charge in [-0.3, -0.25) is 29.8 Å². The number of ketones is 2. The lowest BCUT2D eigenvalue weighted by atomic mass is 9.46. The van der Waals surface area contributed by atoms with Crippen molar-refractivity contribution in [3.63, 3.8) is 0 Å². The SMILES string of the molecule is CC12CCC(=O)C=C1CCC1C2CCC2(C)C(C(=O)COC(=O)c3cc([N+](=O)[O-])c(N4CC4)c([N+](=O)[O-])c3)CCC12. The normalized spacial score (nSPS) is 33.7. The summed E-state index contributed by atoms with van der Waals surface area (Å²) in [6, 6.07) is 1.99. The van der Waals surface area contributed by atoms with Crippen LogP contribution in [0.1, 0.15) is 75.6 Å². The molecule has 1 saturated heterocycles. The maximum Gasteiger partial charge on any atom is 0.339 e. The van der Waals surface area contributed by atoms with Crippen LogP contribution in [0, 0.1) is 54.7 Å². The van der Waals surface area contributed by atoms with Gasteiger partial charge in [0.05, 0.1) is 15.4 Å². The second-order valence-electron chi connectivity index (χ2n) is 13.1. The first-order valence-corrected chi connectivity index (χ1v) is 14.6. The smallest absolute Gasteiger partial charge is 0.339 e. The summed E-state index contributed by atoms with van der Waals surface area (Å²) >= 11 is 0. The fraction of sp³-hybridized carbons (Fsp3) is 0.633. The lowest BCUT2D eigenvalue weighted by molar-refractivity contribution is -0.392. The van der Waals surface area contributed by atoms with Crippen LogP contribution >= 0.6 is 0 Å². The number of carbonyl (C=O) groups excluding carboxylic acids is 3. The Morgan fingerprint density at radius 3 is 2.29 bits per heavy atom. The van der Waals surface area contributed by atoms with Gasteiger partial charge in [0.15, 0.2) is 23.9 Å². The minimum Gasteiger partial charge on any atom is -0.454 e. The zero-order valence-corrected chi connectivity index (χ0v) is 23.4. The molecule has 1 heterocycles. The zero-order chi connectivity index (χ0) is 29.3. The van der Waals surface area contributed by atoms with E-state index in [4.69, 9.17) is 4.74 Å². The fourth-order valence-electron chi connectivity index (χ4n) is 9.01. The van der Waals surface area contributed by atoms with Crippen molar-refractivity contribution in [2.24, 2.45) is 34.5 Å². The van der Waals surface area contributed by atoms with Gasteiger partial charge in [0.25, 0.3) is 0 Å². The summed E-state index contributed by atoms with van der Waals surface area (Å²) in [7, 11) is 0. The molecule has 41 heavy (non-hydrogen) atoms. The molecule has 0 bridgehead atoms. The molecule has 0 N–H and O–H groups in total. The summed E-state index contributed by atoms with van der Waals surface area (Å²) in [4.78, 5) is 61.8. The van der Waals surface area contributed by atoms with Crippen LogP contribution < -0.4 is 4.90 Å². The topological polar surface area (TPSA) is 150 Å². The highest BCUT2D eigenvalue weighted by Gasteiger charge is 2.60. The van der Waals surface area contributed by atoms with Crippen LogP contribution in [0.3, 0.4) is 0 Å². The number of hydrogen-bond donors (Lipinski definition) is 0. The van der Waals surface area contributed by atoms with E-state index in [1.54, 1.807) is 0 Å². The van der Waals surface area contributed by atoms with Crippen molar-refractivity contribution in [2.75, 3.05) is 24.6 Å². The molecule has 5 aliphatic rings. The highest BCUT2D eigenvalue weighted by molar-refractivity contribution is 5.96. The fourth-order valence-corrected chi connectivity index (χ4v) is 9.01. The summed E-state index contributed by atoms with van der Waals surface area (Å²) in [6.45, 7) is 4.97. The summed E-state index contributed by atoms with van der Waals surface area (Å²) in [6.07, 6.45) is 8.91. The molecule has 1 aliphatic heterocycles. The van der Waals surface area contributed by atoms with Crippen LogP contribution in [0.4, 0.5) is 17.1 Å². The number of allylic oxidation sites excluding steroid dienone is 1. The Labute approximate surface area is 237 Å². The molecule has 0 radical (unpaired) electrons. The Morgan fingerprint density at radius 2 is 1.66 bits per heavy atom. The van der Waals surface area contributed by atoms with Crippen molar-refractivity contribution in [1.82, 2.24) is 0 Å². The number of fused-ring (bicyclic) bond motifs is 5. The third-order valence-corrected chi connectivity index (χ3v) is 11.2. The van der Waals surface area contributed by atoms with E-state index in [0.717, 1.165) is 57.1 Å². The first-order chi connectivity index (χ1) is 19.4. The number of nitro benzene ring substituents is 2. The van der Waals surface area contributed by atoms with Gasteiger partial charge in [0, 0.05) is 37.6 Å². The zero-order valence-electron chi connectivity index (χ0n) is 23.4. The molecule has 3 saturated carbocycles. The van der Waals surface area contributed by atoms with E-state index in [0.29, 0.717) is 37.3 Å². The molecule has 6 unspecified atom stereocenters. The van der Waals surface area contributed by atoms with Gasteiger partial charge in [-0.25, -0.2) is 4.79 Å². The Hall–Kier alpha value is -3.63. The summed E-state index contributed by atoms with van der Waals surface area (Å²) in [5.41, 5.74) is -0.342. The van der Waals surface area contributed by atoms with Gasteiger partial charge in [0.1, 0.15) is 0 Å². The maximum atomic E-state index is 13.5. The number of rotatable bonds is 7.